The lowest BCUT2D eigenvalue weighted by Gasteiger charge is -2.39. The molecule has 1 aliphatic rings. The van der Waals surface area contributed by atoms with Crippen LogP contribution in [0, 0.1) is 0 Å². The second-order valence-corrected chi connectivity index (χ2v) is 6.13. The number of rotatable bonds is 4. The van der Waals surface area contributed by atoms with Gasteiger partial charge in [0, 0.05) is 25.8 Å². The number of benzene rings is 1. The third kappa shape index (κ3) is 2.79. The van der Waals surface area contributed by atoms with Gasteiger partial charge >= 0.3 is 5.97 Å². The summed E-state index contributed by atoms with van der Waals surface area (Å²) in [6, 6.07) is 9.31. The Bertz CT molecular complexity index is 731. The maximum Gasteiger partial charge on any atom is 0.314 e. The van der Waals surface area contributed by atoms with Crippen LogP contribution in [0.1, 0.15) is 35.7 Å². The van der Waals surface area contributed by atoms with Gasteiger partial charge in [-0.15, -0.1) is 0 Å². The Morgan fingerprint density at radius 2 is 1.88 bits per heavy atom. The first-order valence-corrected chi connectivity index (χ1v) is 8.17. The number of likely N-dealkylation sites (tertiary alicyclic amines) is 1. The van der Waals surface area contributed by atoms with Crippen LogP contribution < -0.4 is 0 Å². The zero-order valence-corrected chi connectivity index (χ0v) is 13.7. The number of carboxylic acid groups (broad SMARTS) is 1. The van der Waals surface area contributed by atoms with E-state index in [-0.39, 0.29) is 5.91 Å². The summed E-state index contributed by atoms with van der Waals surface area (Å²) < 4.78 is 1.71. The van der Waals surface area contributed by atoms with Crippen molar-refractivity contribution >= 4 is 11.9 Å². The van der Waals surface area contributed by atoms with Gasteiger partial charge in [-0.1, -0.05) is 30.3 Å². The Balaban J connectivity index is 1.76. The Kier molecular flexibility index (Phi) is 4.38. The van der Waals surface area contributed by atoms with Crippen LogP contribution in [0.25, 0.3) is 0 Å². The molecule has 1 saturated heterocycles. The molecular formula is C18H21N3O3. The topological polar surface area (TPSA) is 75.4 Å². The van der Waals surface area contributed by atoms with Crippen LogP contribution in [-0.4, -0.2) is 44.8 Å². The lowest BCUT2D eigenvalue weighted by molar-refractivity contribution is -0.145. The number of carbonyl (C=O) groups excluding carboxylic acids is 1. The van der Waals surface area contributed by atoms with E-state index in [1.807, 2.05) is 37.3 Å². The highest BCUT2D eigenvalue weighted by molar-refractivity contribution is 5.94. The van der Waals surface area contributed by atoms with Gasteiger partial charge in [0.15, 0.2) is 0 Å². The maximum atomic E-state index is 12.6. The number of hydrogen-bond acceptors (Lipinski definition) is 3. The summed E-state index contributed by atoms with van der Waals surface area (Å²) in [5, 5.41) is 13.9. The minimum absolute atomic E-state index is 0.0817. The zero-order valence-electron chi connectivity index (χ0n) is 13.7. The fraction of sp³-hybridized carbons (Fsp3) is 0.389. The van der Waals surface area contributed by atoms with Gasteiger partial charge in [0.1, 0.15) is 0 Å². The average Bonchev–Trinajstić information content (AvgIpc) is 3.11. The molecule has 0 bridgehead atoms. The van der Waals surface area contributed by atoms with Gasteiger partial charge < -0.3 is 10.0 Å². The highest BCUT2D eigenvalue weighted by Crippen LogP contribution is 2.36. The van der Waals surface area contributed by atoms with E-state index in [4.69, 9.17) is 0 Å². The van der Waals surface area contributed by atoms with Gasteiger partial charge in [0.2, 0.25) is 0 Å². The number of piperidine rings is 1. The summed E-state index contributed by atoms with van der Waals surface area (Å²) in [5.74, 6) is -0.902. The van der Waals surface area contributed by atoms with Crippen LogP contribution in [0.15, 0.2) is 42.7 Å². The average molecular weight is 327 g/mol. The summed E-state index contributed by atoms with van der Waals surface area (Å²) in [4.78, 5) is 26.2. The van der Waals surface area contributed by atoms with Gasteiger partial charge in [-0.05, 0) is 25.3 Å². The van der Waals surface area contributed by atoms with Crippen molar-refractivity contribution in [3.05, 3.63) is 53.9 Å². The van der Waals surface area contributed by atoms with E-state index in [0.717, 1.165) is 5.56 Å². The molecule has 6 heteroatoms. The summed E-state index contributed by atoms with van der Waals surface area (Å²) >= 11 is 0. The number of hydrogen-bond donors (Lipinski definition) is 1. The number of carbonyl (C=O) groups is 2. The van der Waals surface area contributed by atoms with Gasteiger partial charge in [0.05, 0.1) is 17.2 Å². The van der Waals surface area contributed by atoms with Crippen LogP contribution in [0.4, 0.5) is 0 Å². The molecule has 6 nitrogen and oxygen atoms in total. The highest BCUT2D eigenvalue weighted by atomic mass is 16.4. The van der Waals surface area contributed by atoms with Crippen molar-refractivity contribution in [2.75, 3.05) is 13.1 Å². The fourth-order valence-corrected chi connectivity index (χ4v) is 3.30. The van der Waals surface area contributed by atoms with Crippen molar-refractivity contribution in [3.63, 3.8) is 0 Å². The number of aromatic nitrogens is 2. The molecule has 1 aromatic heterocycles. The van der Waals surface area contributed by atoms with Crippen LogP contribution in [0.2, 0.25) is 0 Å². The zero-order chi connectivity index (χ0) is 17.2. The number of aryl methyl sites for hydroxylation is 1. The van der Waals surface area contributed by atoms with Crippen LogP contribution >= 0.6 is 0 Å². The Hall–Kier alpha value is -2.63. The van der Waals surface area contributed by atoms with Crippen LogP contribution in [0.3, 0.4) is 0 Å². The molecule has 2 aromatic rings. The van der Waals surface area contributed by atoms with Crippen molar-refractivity contribution in [2.24, 2.45) is 0 Å². The van der Waals surface area contributed by atoms with Crippen molar-refractivity contribution in [2.45, 2.75) is 31.7 Å². The number of amides is 1. The molecule has 2 heterocycles. The number of carboxylic acids is 1. The van der Waals surface area contributed by atoms with Crippen molar-refractivity contribution < 1.29 is 14.7 Å². The van der Waals surface area contributed by atoms with E-state index >= 15 is 0 Å². The second kappa shape index (κ2) is 6.47. The largest absolute Gasteiger partial charge is 0.481 e. The molecule has 126 valence electrons. The normalized spacial score (nSPS) is 16.8. The van der Waals surface area contributed by atoms with Crippen LogP contribution in [0.5, 0.6) is 0 Å². The minimum atomic E-state index is -0.911. The molecule has 1 amide bonds. The van der Waals surface area contributed by atoms with E-state index in [9.17, 15) is 14.7 Å². The van der Waals surface area contributed by atoms with Gasteiger partial charge in [-0.3, -0.25) is 14.3 Å². The van der Waals surface area contributed by atoms with Crippen molar-refractivity contribution in [1.29, 1.82) is 0 Å². The SMILES string of the molecule is CCn1cc(C(=O)N2CCC(C(=O)O)(c3ccccc3)CC2)cn1. The summed E-state index contributed by atoms with van der Waals surface area (Å²) in [5.41, 5.74) is 0.453. The number of nitrogens with zero attached hydrogens (tertiary/aromatic N) is 3. The van der Waals surface area contributed by atoms with Gasteiger partial charge in [0.25, 0.3) is 5.91 Å². The van der Waals surface area contributed by atoms with Crippen molar-refractivity contribution in [1.82, 2.24) is 14.7 Å². The molecule has 1 fully saturated rings. The smallest absolute Gasteiger partial charge is 0.314 e. The van der Waals surface area contributed by atoms with E-state index in [1.54, 1.807) is 22.0 Å². The third-order valence-corrected chi connectivity index (χ3v) is 4.84. The van der Waals surface area contributed by atoms with E-state index in [0.29, 0.717) is 38.0 Å². The van der Waals surface area contributed by atoms with Crippen molar-refractivity contribution in [3.8, 4) is 0 Å². The molecule has 0 aliphatic carbocycles. The monoisotopic (exact) mass is 327 g/mol. The molecule has 1 aliphatic heterocycles. The third-order valence-electron chi connectivity index (χ3n) is 4.84. The first-order valence-electron chi connectivity index (χ1n) is 8.17. The highest BCUT2D eigenvalue weighted by Gasteiger charge is 2.43. The van der Waals surface area contributed by atoms with E-state index < -0.39 is 11.4 Å². The van der Waals surface area contributed by atoms with Gasteiger partial charge in [-0.2, -0.15) is 5.10 Å². The minimum Gasteiger partial charge on any atom is -0.481 e. The fourth-order valence-electron chi connectivity index (χ4n) is 3.30. The Morgan fingerprint density at radius 3 is 2.42 bits per heavy atom. The maximum absolute atomic E-state index is 12.6. The lowest BCUT2D eigenvalue weighted by Crippen LogP contribution is -2.49. The molecular weight excluding hydrogens is 306 g/mol. The molecule has 24 heavy (non-hydrogen) atoms. The molecule has 1 aromatic carbocycles. The molecule has 1 N–H and O–H groups in total. The van der Waals surface area contributed by atoms with Crippen LogP contribution in [-0.2, 0) is 16.8 Å². The second-order valence-electron chi connectivity index (χ2n) is 6.13. The number of aliphatic carboxylic acids is 1. The van der Waals surface area contributed by atoms with Gasteiger partial charge in [-0.25, -0.2) is 0 Å². The van der Waals surface area contributed by atoms with E-state index in [2.05, 4.69) is 5.10 Å². The first kappa shape index (κ1) is 16.2. The predicted octanol–water partition coefficient (Wildman–Crippen LogP) is 2.16. The van der Waals surface area contributed by atoms with E-state index in [1.165, 1.54) is 0 Å². The lowest BCUT2D eigenvalue weighted by atomic mass is 9.73. The summed E-state index contributed by atoms with van der Waals surface area (Å²) in [7, 11) is 0. The molecule has 0 unspecified atom stereocenters. The summed E-state index contributed by atoms with van der Waals surface area (Å²) in [6.07, 6.45) is 4.14. The Morgan fingerprint density at radius 1 is 1.21 bits per heavy atom. The molecule has 0 radical (unpaired) electrons. The summed E-state index contributed by atoms with van der Waals surface area (Å²) in [6.45, 7) is 3.53. The molecule has 0 atom stereocenters. The quantitative estimate of drug-likeness (QED) is 0.934. The molecule has 0 saturated carbocycles. The molecule has 0 spiro atoms. The Labute approximate surface area is 140 Å². The molecule has 3 rings (SSSR count). The predicted molar refractivity (Wildman–Crippen MR) is 88.8 cm³/mol. The standard InChI is InChI=1S/C18H21N3O3/c1-2-21-13-14(12-19-21)16(22)20-10-8-18(9-11-20,17(23)24)15-6-4-3-5-7-15/h3-7,12-13H,2,8-11H2,1H3,(H,23,24). The first-order chi connectivity index (χ1) is 11.6.